The van der Waals surface area contributed by atoms with Crippen LogP contribution in [0.5, 0.6) is 11.5 Å². The van der Waals surface area contributed by atoms with E-state index in [1.54, 1.807) is 0 Å². The second-order valence-electron chi connectivity index (χ2n) is 22.9. The Balaban J connectivity index is 1.13. The minimum Gasteiger partial charge on any atom is -0.458 e. The van der Waals surface area contributed by atoms with Crippen LogP contribution in [-0.4, -0.2) is 14.1 Å². The summed E-state index contributed by atoms with van der Waals surface area (Å²) in [6, 6.07) is 59.3. The zero-order valence-corrected chi connectivity index (χ0v) is 42.4. The lowest BCUT2D eigenvalue weighted by atomic mass is 9.78. The van der Waals surface area contributed by atoms with E-state index >= 15 is 0 Å². The summed E-state index contributed by atoms with van der Waals surface area (Å²) in [7, 11) is 0. The highest BCUT2D eigenvalue weighted by Gasteiger charge is 2.26. The predicted octanol–water partition coefficient (Wildman–Crippen LogP) is 16.5. The van der Waals surface area contributed by atoms with Crippen LogP contribution in [0.1, 0.15) is 105 Å². The van der Waals surface area contributed by atoms with E-state index in [1.165, 1.54) is 38.8 Å². The number of ether oxygens (including phenoxy) is 1. The van der Waals surface area contributed by atoms with Gasteiger partial charge in [0.05, 0.1) is 33.4 Å². The van der Waals surface area contributed by atoms with Crippen molar-refractivity contribution in [2.45, 2.75) is 105 Å². The molecule has 0 fully saturated rings. The first-order valence-corrected chi connectivity index (χ1v) is 24.4. The Kier molecular flexibility index (Phi) is 11.1. The van der Waals surface area contributed by atoms with Gasteiger partial charge in [-0.15, -0.1) is 0 Å². The summed E-state index contributed by atoms with van der Waals surface area (Å²) in [5, 5.41) is 2.33. The Hall–Kier alpha value is -7.24. The van der Waals surface area contributed by atoms with Gasteiger partial charge in [0, 0.05) is 23.0 Å². The highest BCUT2D eigenvalue weighted by atomic mass is 16.5. The molecule has 10 aromatic rings. The number of imidazole rings is 1. The van der Waals surface area contributed by atoms with Gasteiger partial charge in [-0.3, -0.25) is 13.7 Å². The van der Waals surface area contributed by atoms with Gasteiger partial charge >= 0.3 is 0 Å². The summed E-state index contributed by atoms with van der Waals surface area (Å²) in [5.41, 5.74) is 16.0. The molecule has 0 aliphatic carbocycles. The first-order valence-electron chi connectivity index (χ1n) is 24.4. The largest absolute Gasteiger partial charge is 0.458 e. The number of fused-ring (bicyclic) bond motifs is 4. The van der Waals surface area contributed by atoms with Gasteiger partial charge < -0.3 is 4.74 Å². The number of benzene rings is 7. The van der Waals surface area contributed by atoms with Gasteiger partial charge in [-0.2, -0.15) is 0 Å². The molecule has 0 bridgehead atoms. The van der Waals surface area contributed by atoms with E-state index in [2.05, 4.69) is 261 Å². The van der Waals surface area contributed by atoms with Crippen LogP contribution in [-0.2, 0) is 21.7 Å². The lowest BCUT2D eigenvalue weighted by Crippen LogP contribution is -2.31. The van der Waals surface area contributed by atoms with Crippen molar-refractivity contribution in [1.29, 1.82) is 0 Å². The maximum absolute atomic E-state index is 6.82. The molecule has 5 heteroatoms. The summed E-state index contributed by atoms with van der Waals surface area (Å²) >= 11 is 0. The van der Waals surface area contributed by atoms with Crippen molar-refractivity contribution in [3.8, 4) is 50.9 Å². The number of rotatable bonds is 7. The van der Waals surface area contributed by atoms with E-state index in [-0.39, 0.29) is 21.7 Å². The van der Waals surface area contributed by atoms with Crippen molar-refractivity contribution in [2.75, 3.05) is 0 Å². The average Bonchev–Trinajstić information content (AvgIpc) is 3.86. The topological polar surface area (TPSA) is 35.9 Å². The van der Waals surface area contributed by atoms with Crippen molar-refractivity contribution < 1.29 is 9.30 Å². The third-order valence-corrected chi connectivity index (χ3v) is 13.6. The molecule has 0 spiro atoms. The van der Waals surface area contributed by atoms with Gasteiger partial charge in [0.25, 0.3) is 6.33 Å². The fourth-order valence-corrected chi connectivity index (χ4v) is 9.56. The number of hydrogen-bond acceptors (Lipinski definition) is 2. The molecular formula is C64H64N4O. The van der Waals surface area contributed by atoms with Gasteiger partial charge in [-0.25, -0.2) is 4.98 Å². The van der Waals surface area contributed by atoms with Gasteiger partial charge in [0.2, 0.25) is 0 Å². The van der Waals surface area contributed by atoms with Crippen LogP contribution in [0.25, 0.3) is 72.3 Å². The summed E-state index contributed by atoms with van der Waals surface area (Å²) in [5.74, 6) is 2.36. The zero-order chi connectivity index (χ0) is 48.6. The Labute approximate surface area is 408 Å². The molecule has 0 N–H and O–H groups in total. The molecule has 0 atom stereocenters. The van der Waals surface area contributed by atoms with Crippen molar-refractivity contribution in [1.82, 2.24) is 14.1 Å². The highest BCUT2D eigenvalue weighted by molar-refractivity contribution is 6.09. The predicted molar refractivity (Wildman–Crippen MR) is 288 cm³/mol. The standard InChI is InChI=1S/C64H64N4O/c1-61(2,3)44-21-17-20-42(34-44)51-25-19-26-52(43-35-46(63(7,8)9)37-47(36-43)64(10,11)12)60(51)67-41-66(56-28-15-16-29-57(56)67)48-22-18-23-49(39-48)69-50-30-31-54-53-24-13-14-27-55(53)68(58(54)40-50)59-38-45(32-33-65-59)62(4,5)6/h13-40H,1-12H3. The number of para-hydroxylation sites is 4. The van der Waals surface area contributed by atoms with Crippen molar-refractivity contribution >= 4 is 32.8 Å². The van der Waals surface area contributed by atoms with E-state index in [1.807, 2.05) is 12.3 Å². The van der Waals surface area contributed by atoms with E-state index in [0.29, 0.717) is 0 Å². The molecule has 0 amide bonds. The summed E-state index contributed by atoms with van der Waals surface area (Å²) in [6.07, 6.45) is 5.84. The highest BCUT2D eigenvalue weighted by Crippen LogP contribution is 2.41. The number of aromatic nitrogens is 4. The summed E-state index contributed by atoms with van der Waals surface area (Å²) in [4.78, 5) is 4.90. The van der Waals surface area contributed by atoms with E-state index in [4.69, 9.17) is 9.72 Å². The SMILES string of the molecule is CC(C)(C)c1cccc(-c2cccc(-c3cc(C(C)(C)C)cc(C(C)(C)C)c3)c2-[n+]2[c-]n(-c3cccc(Oc4ccc5c6ccccc6n(-c6cc(C(C)(C)C)ccn6)c5c4)c3)c3ccccc32)c1. The third-order valence-electron chi connectivity index (χ3n) is 13.6. The molecule has 10 rings (SSSR count). The maximum Gasteiger partial charge on any atom is 0.269 e. The molecule has 346 valence electrons. The first kappa shape index (κ1) is 45.5. The van der Waals surface area contributed by atoms with Crippen LogP contribution < -0.4 is 9.30 Å². The van der Waals surface area contributed by atoms with Crippen molar-refractivity contribution in [3.63, 3.8) is 0 Å². The Morgan fingerprint density at radius 2 is 1.03 bits per heavy atom. The minimum atomic E-state index is -0.0450. The van der Waals surface area contributed by atoms with Crippen LogP contribution in [0.3, 0.4) is 0 Å². The van der Waals surface area contributed by atoms with Crippen LogP contribution in [0, 0.1) is 6.33 Å². The van der Waals surface area contributed by atoms with E-state index < -0.39 is 0 Å². The molecule has 3 heterocycles. The molecule has 0 saturated heterocycles. The zero-order valence-electron chi connectivity index (χ0n) is 42.4. The molecule has 0 saturated carbocycles. The van der Waals surface area contributed by atoms with Crippen LogP contribution in [0.2, 0.25) is 0 Å². The molecule has 0 unspecified atom stereocenters. The fourth-order valence-electron chi connectivity index (χ4n) is 9.56. The lowest BCUT2D eigenvalue weighted by Gasteiger charge is -2.27. The van der Waals surface area contributed by atoms with Gasteiger partial charge in [-0.1, -0.05) is 192 Å². The molecule has 0 aliphatic heterocycles. The van der Waals surface area contributed by atoms with E-state index in [9.17, 15) is 0 Å². The molecule has 0 radical (unpaired) electrons. The van der Waals surface area contributed by atoms with Crippen LogP contribution in [0.15, 0.2) is 170 Å². The molecule has 3 aromatic heterocycles. The van der Waals surface area contributed by atoms with Crippen LogP contribution in [0.4, 0.5) is 0 Å². The van der Waals surface area contributed by atoms with Gasteiger partial charge in [-0.05, 0) is 115 Å². The monoisotopic (exact) mass is 905 g/mol. The van der Waals surface area contributed by atoms with Crippen molar-refractivity contribution in [2.24, 2.45) is 0 Å². The number of nitrogens with zero attached hydrogens (tertiary/aromatic N) is 4. The average molecular weight is 905 g/mol. The molecular weight excluding hydrogens is 841 g/mol. The Morgan fingerprint density at radius 3 is 1.74 bits per heavy atom. The summed E-state index contributed by atoms with van der Waals surface area (Å²) in [6.45, 7) is 27.4. The second kappa shape index (κ2) is 16.8. The smallest absolute Gasteiger partial charge is 0.269 e. The lowest BCUT2D eigenvalue weighted by molar-refractivity contribution is -0.571. The quantitative estimate of drug-likeness (QED) is 0.118. The molecule has 0 aliphatic rings. The molecule has 7 aromatic carbocycles. The Bertz CT molecular complexity index is 3540. The number of pyridine rings is 1. The Morgan fingerprint density at radius 1 is 0.449 bits per heavy atom. The number of hydrogen-bond donors (Lipinski definition) is 0. The molecule has 5 nitrogen and oxygen atoms in total. The second-order valence-corrected chi connectivity index (χ2v) is 22.9. The summed E-state index contributed by atoms with van der Waals surface area (Å²) < 4.78 is 13.5. The van der Waals surface area contributed by atoms with E-state index in [0.717, 1.165) is 67.3 Å². The molecule has 69 heavy (non-hydrogen) atoms. The van der Waals surface area contributed by atoms with Crippen molar-refractivity contribution in [3.05, 3.63) is 199 Å². The third kappa shape index (κ3) is 8.65. The van der Waals surface area contributed by atoms with Gasteiger partial charge in [0.15, 0.2) is 0 Å². The fraction of sp³-hybridized carbons (Fsp3) is 0.250. The maximum atomic E-state index is 6.82. The van der Waals surface area contributed by atoms with Gasteiger partial charge in [0.1, 0.15) is 17.3 Å². The normalized spacial score (nSPS) is 12.6. The van der Waals surface area contributed by atoms with Crippen LogP contribution >= 0.6 is 0 Å². The first-order chi connectivity index (χ1) is 32.7. The minimum absolute atomic E-state index is 0.0156.